The second-order valence-corrected chi connectivity index (χ2v) is 4.91. The highest BCUT2D eigenvalue weighted by Gasteiger charge is 1.82. The largest absolute Gasteiger partial charge is 0.237 e. The first-order valence-electron chi connectivity index (χ1n) is 8.24. The van der Waals surface area contributed by atoms with Crippen molar-refractivity contribution in [2.24, 2.45) is 0 Å². The van der Waals surface area contributed by atoms with Crippen LogP contribution in [0.4, 0.5) is 0 Å². The molecule has 0 unspecified atom stereocenters. The molecule has 0 fully saturated rings. The summed E-state index contributed by atoms with van der Waals surface area (Å²) in [6.07, 6.45) is 30.0. The summed E-state index contributed by atoms with van der Waals surface area (Å²) in [6, 6.07) is 0. The fraction of sp³-hybridized carbons (Fsp3) is 0.500. The van der Waals surface area contributed by atoms with Gasteiger partial charge in [0, 0.05) is 0 Å². The number of allylic oxidation sites excluding steroid dienone is 10. The molecule has 0 aliphatic heterocycles. The van der Waals surface area contributed by atoms with Crippen molar-refractivity contribution >= 4 is 0 Å². The SMILES string of the molecule is CC/C=C\C/C=C\C/C=C\C/C=C\C/C=C\CCCC[O]. The van der Waals surface area contributed by atoms with Crippen LogP contribution in [0, 0.1) is 0 Å². The van der Waals surface area contributed by atoms with E-state index in [1.807, 2.05) is 0 Å². The molecule has 0 aliphatic rings. The van der Waals surface area contributed by atoms with E-state index in [9.17, 15) is 5.11 Å². The normalized spacial score (nSPS) is 13.0. The molecule has 0 aromatic carbocycles. The predicted octanol–water partition coefficient (Wildman–Crippen LogP) is 6.34. The summed E-state index contributed by atoms with van der Waals surface area (Å²) < 4.78 is 0. The first-order valence-corrected chi connectivity index (χ1v) is 8.24. The van der Waals surface area contributed by atoms with Crippen LogP contribution >= 0.6 is 0 Å². The van der Waals surface area contributed by atoms with Gasteiger partial charge in [-0.2, -0.15) is 0 Å². The highest BCUT2D eigenvalue weighted by Crippen LogP contribution is 1.98. The number of hydrogen-bond acceptors (Lipinski definition) is 0. The van der Waals surface area contributed by atoms with Crippen molar-refractivity contribution in [3.8, 4) is 0 Å². The van der Waals surface area contributed by atoms with Crippen molar-refractivity contribution in [2.45, 2.75) is 58.3 Å². The van der Waals surface area contributed by atoms with E-state index in [2.05, 4.69) is 67.7 Å². The molecule has 21 heavy (non-hydrogen) atoms. The van der Waals surface area contributed by atoms with Gasteiger partial charge in [0.25, 0.3) is 0 Å². The fourth-order valence-corrected chi connectivity index (χ4v) is 1.73. The van der Waals surface area contributed by atoms with E-state index in [-0.39, 0.29) is 6.61 Å². The zero-order valence-corrected chi connectivity index (χ0v) is 13.5. The molecule has 0 amide bonds. The molecule has 0 atom stereocenters. The van der Waals surface area contributed by atoms with Gasteiger partial charge in [0.15, 0.2) is 0 Å². The minimum absolute atomic E-state index is 0.0602. The van der Waals surface area contributed by atoms with Crippen LogP contribution in [0.3, 0.4) is 0 Å². The number of unbranched alkanes of at least 4 members (excludes halogenated alkanes) is 2. The second-order valence-electron chi connectivity index (χ2n) is 4.91. The maximum atomic E-state index is 10.2. The zero-order chi connectivity index (χ0) is 15.4. The van der Waals surface area contributed by atoms with Crippen LogP contribution in [0.2, 0.25) is 0 Å². The molecular formula is C20H31O. The van der Waals surface area contributed by atoms with Gasteiger partial charge in [0.2, 0.25) is 0 Å². The molecule has 0 aromatic heterocycles. The molecule has 0 aromatic rings. The van der Waals surface area contributed by atoms with Crippen LogP contribution in [0.1, 0.15) is 58.3 Å². The Kier molecular flexibility index (Phi) is 17.5. The standard InChI is InChI=1S/C20H31O/c1-2-3-4-5-6-7-8-9-10-11-12-13-14-15-16-17-18-19-20-21/h3-4,6-7,9-10,12-13,15-16H,2,5,8,11,14,17-20H2,1H3/b4-3-,7-6-,10-9-,13-12-,16-15-. The van der Waals surface area contributed by atoms with Crippen LogP contribution in [0.15, 0.2) is 60.8 Å². The maximum absolute atomic E-state index is 10.2. The van der Waals surface area contributed by atoms with Crippen LogP contribution in [-0.4, -0.2) is 6.61 Å². The summed E-state index contributed by atoms with van der Waals surface area (Å²) in [5.74, 6) is 0. The van der Waals surface area contributed by atoms with E-state index in [1.165, 1.54) is 0 Å². The third kappa shape index (κ3) is 18.7. The molecule has 0 N–H and O–H groups in total. The average Bonchev–Trinajstić information content (AvgIpc) is 2.50. The van der Waals surface area contributed by atoms with Crippen molar-refractivity contribution in [1.29, 1.82) is 0 Å². The third-order valence-electron chi connectivity index (χ3n) is 2.92. The Morgan fingerprint density at radius 1 is 0.571 bits per heavy atom. The minimum atomic E-state index is 0.0602. The molecule has 0 heterocycles. The first kappa shape index (κ1) is 19.7. The summed E-state index contributed by atoms with van der Waals surface area (Å²) in [4.78, 5) is 0. The molecule has 0 saturated heterocycles. The van der Waals surface area contributed by atoms with E-state index in [1.54, 1.807) is 0 Å². The monoisotopic (exact) mass is 287 g/mol. The molecule has 1 heteroatoms. The lowest BCUT2D eigenvalue weighted by atomic mass is 10.2. The first-order chi connectivity index (χ1) is 10.4. The van der Waals surface area contributed by atoms with Gasteiger partial charge in [-0.05, 0) is 51.4 Å². The molecule has 0 spiro atoms. The van der Waals surface area contributed by atoms with Crippen molar-refractivity contribution in [3.05, 3.63) is 60.8 Å². The molecule has 117 valence electrons. The van der Waals surface area contributed by atoms with Gasteiger partial charge < -0.3 is 0 Å². The van der Waals surface area contributed by atoms with E-state index in [4.69, 9.17) is 0 Å². The van der Waals surface area contributed by atoms with Crippen molar-refractivity contribution < 1.29 is 5.11 Å². The van der Waals surface area contributed by atoms with E-state index in [0.717, 1.165) is 51.4 Å². The summed E-state index contributed by atoms with van der Waals surface area (Å²) in [6.45, 7) is 2.21. The van der Waals surface area contributed by atoms with Crippen LogP contribution in [-0.2, 0) is 5.11 Å². The molecule has 0 saturated carbocycles. The Morgan fingerprint density at radius 2 is 1.00 bits per heavy atom. The Morgan fingerprint density at radius 3 is 1.43 bits per heavy atom. The topological polar surface area (TPSA) is 19.9 Å². The smallest absolute Gasteiger partial charge is 0.0822 e. The van der Waals surface area contributed by atoms with Gasteiger partial charge in [-0.25, -0.2) is 5.11 Å². The highest BCUT2D eigenvalue weighted by atomic mass is 16.2. The van der Waals surface area contributed by atoms with Gasteiger partial charge in [0.1, 0.15) is 0 Å². The van der Waals surface area contributed by atoms with Crippen LogP contribution in [0.5, 0.6) is 0 Å². The number of rotatable bonds is 13. The fourth-order valence-electron chi connectivity index (χ4n) is 1.73. The van der Waals surface area contributed by atoms with Crippen LogP contribution < -0.4 is 0 Å². The van der Waals surface area contributed by atoms with Crippen molar-refractivity contribution in [1.82, 2.24) is 0 Å². The lowest BCUT2D eigenvalue weighted by Gasteiger charge is -1.89. The summed E-state index contributed by atoms with van der Waals surface area (Å²) in [5.41, 5.74) is 0. The van der Waals surface area contributed by atoms with Crippen molar-refractivity contribution in [3.63, 3.8) is 0 Å². The quantitative estimate of drug-likeness (QED) is 0.278. The molecule has 0 aliphatic carbocycles. The van der Waals surface area contributed by atoms with E-state index in [0.29, 0.717) is 0 Å². The summed E-state index contributed by atoms with van der Waals surface area (Å²) >= 11 is 0. The van der Waals surface area contributed by atoms with Gasteiger partial charge in [0.05, 0.1) is 6.61 Å². The summed E-state index contributed by atoms with van der Waals surface area (Å²) in [5, 5.41) is 10.2. The Balaban J connectivity index is 3.41. The Hall–Kier alpha value is -1.34. The minimum Gasteiger partial charge on any atom is -0.237 e. The summed E-state index contributed by atoms with van der Waals surface area (Å²) in [7, 11) is 0. The third-order valence-corrected chi connectivity index (χ3v) is 2.92. The molecule has 0 bridgehead atoms. The second kappa shape index (κ2) is 18.7. The molecule has 1 nitrogen and oxygen atoms in total. The Bertz CT molecular complexity index is 332. The molecular weight excluding hydrogens is 256 g/mol. The predicted molar refractivity (Wildman–Crippen MR) is 93.9 cm³/mol. The maximum Gasteiger partial charge on any atom is 0.0822 e. The van der Waals surface area contributed by atoms with E-state index < -0.39 is 0 Å². The van der Waals surface area contributed by atoms with Gasteiger partial charge in [-0.1, -0.05) is 67.7 Å². The lowest BCUT2D eigenvalue weighted by molar-refractivity contribution is 0.187. The lowest BCUT2D eigenvalue weighted by Crippen LogP contribution is -1.78. The van der Waals surface area contributed by atoms with Crippen LogP contribution in [0.25, 0.3) is 0 Å². The van der Waals surface area contributed by atoms with Gasteiger partial charge >= 0.3 is 0 Å². The molecule has 1 radical (unpaired) electrons. The van der Waals surface area contributed by atoms with Gasteiger partial charge in [-0.3, -0.25) is 0 Å². The van der Waals surface area contributed by atoms with E-state index >= 15 is 0 Å². The highest BCUT2D eigenvalue weighted by molar-refractivity contribution is 5.00. The van der Waals surface area contributed by atoms with Crippen molar-refractivity contribution in [2.75, 3.05) is 6.61 Å². The Labute approximate surface area is 131 Å². The average molecular weight is 287 g/mol. The molecule has 0 rings (SSSR count). The van der Waals surface area contributed by atoms with Gasteiger partial charge in [-0.15, -0.1) is 0 Å². The zero-order valence-electron chi connectivity index (χ0n) is 13.5. The number of hydrogen-bond donors (Lipinski definition) is 0.